The van der Waals surface area contributed by atoms with Gasteiger partial charge in [-0.2, -0.15) is 0 Å². The molecular weight excluding hydrogens is 447 g/mol. The number of aromatic nitrogens is 1. The van der Waals surface area contributed by atoms with Crippen LogP contribution in [0, 0.1) is 6.92 Å². The zero-order valence-corrected chi connectivity index (χ0v) is 23.0. The molecule has 1 heterocycles. The average Bonchev–Trinajstić information content (AvgIpc) is 3.15. The predicted molar refractivity (Wildman–Crippen MR) is 100 cm³/mol. The zero-order valence-electron chi connectivity index (χ0n) is 18.1. The molecular formula is C19H18NNa2O8P. The summed E-state index contributed by atoms with van der Waals surface area (Å²) in [4.78, 5) is 22.1. The van der Waals surface area contributed by atoms with E-state index in [-0.39, 0.29) is 70.6 Å². The van der Waals surface area contributed by atoms with Gasteiger partial charge in [0, 0.05) is 11.1 Å². The molecule has 3 aromatic rings. The number of phosphoric ester groups is 1. The molecule has 9 nitrogen and oxygen atoms in total. The van der Waals surface area contributed by atoms with Gasteiger partial charge in [-0.1, -0.05) is 11.2 Å². The first-order chi connectivity index (χ1) is 13.8. The first-order valence-corrected chi connectivity index (χ1v) is 9.81. The number of rotatable bonds is 7. The molecule has 0 aliphatic carbocycles. The molecule has 0 unspecified atom stereocenters. The number of ether oxygens (including phenoxy) is 3. The molecule has 0 bridgehead atoms. The van der Waals surface area contributed by atoms with Gasteiger partial charge in [-0.05, 0) is 42.3 Å². The molecule has 0 amide bonds. The zero-order chi connectivity index (χ0) is 21.2. The Morgan fingerprint density at radius 2 is 1.55 bits per heavy atom. The maximum absolute atomic E-state index is 11.1. The van der Waals surface area contributed by atoms with Crippen molar-refractivity contribution in [3.63, 3.8) is 0 Å². The van der Waals surface area contributed by atoms with Crippen molar-refractivity contribution in [2.75, 3.05) is 21.3 Å². The van der Waals surface area contributed by atoms with Gasteiger partial charge in [0.25, 0.3) is 0 Å². The fourth-order valence-corrected chi connectivity index (χ4v) is 3.36. The maximum Gasteiger partial charge on any atom is 1.00 e. The van der Waals surface area contributed by atoms with Crippen LogP contribution in [0.15, 0.2) is 41.1 Å². The summed E-state index contributed by atoms with van der Waals surface area (Å²) >= 11 is 0. The van der Waals surface area contributed by atoms with Crippen LogP contribution in [0.5, 0.6) is 23.0 Å². The largest absolute Gasteiger partial charge is 1.00 e. The number of methoxy groups -OCH3 is 3. The van der Waals surface area contributed by atoms with E-state index in [4.69, 9.17) is 18.7 Å². The molecule has 0 saturated heterocycles. The molecule has 2 aromatic carbocycles. The predicted octanol–water partition coefficient (Wildman–Crippen LogP) is -3.44. The molecule has 0 atom stereocenters. The van der Waals surface area contributed by atoms with Crippen molar-refractivity contribution in [3.05, 3.63) is 42.2 Å². The molecule has 0 N–H and O–H groups in total. The van der Waals surface area contributed by atoms with Crippen LogP contribution in [0.2, 0.25) is 0 Å². The fourth-order valence-electron chi connectivity index (χ4n) is 2.98. The minimum absolute atomic E-state index is 0. The standard InChI is InChI=1S/C19H20NO8P.2Na/c1-11-7-13(9-17(25-3)19(11)26-4)18-14(10-27-20-18)12-5-6-15(24-2)16(8-12)28-29(21,22)23;;/h5-10H,1-4H3,(H2,21,22,23);;/q;2*+1/p-2. The van der Waals surface area contributed by atoms with Gasteiger partial charge in [-0.3, -0.25) is 0 Å². The second kappa shape index (κ2) is 11.7. The Morgan fingerprint density at radius 1 is 0.903 bits per heavy atom. The molecule has 0 fully saturated rings. The molecule has 3 rings (SSSR count). The number of nitrogens with zero attached hydrogens (tertiary/aromatic N) is 1. The Kier molecular flexibility index (Phi) is 10.6. The first-order valence-electron chi connectivity index (χ1n) is 8.34. The fraction of sp³-hybridized carbons (Fsp3) is 0.211. The van der Waals surface area contributed by atoms with Crippen molar-refractivity contribution in [1.82, 2.24) is 5.16 Å². The van der Waals surface area contributed by atoms with Crippen molar-refractivity contribution in [2.45, 2.75) is 6.92 Å². The van der Waals surface area contributed by atoms with Crippen LogP contribution >= 0.6 is 7.82 Å². The smallest absolute Gasteiger partial charge is 0.780 e. The molecule has 31 heavy (non-hydrogen) atoms. The van der Waals surface area contributed by atoms with Gasteiger partial charge in [0.15, 0.2) is 23.0 Å². The number of benzene rings is 2. The summed E-state index contributed by atoms with van der Waals surface area (Å²) in [6, 6.07) is 8.11. The molecule has 0 saturated carbocycles. The minimum atomic E-state index is -5.27. The second-order valence-corrected chi connectivity index (χ2v) is 7.09. The molecule has 0 radical (unpaired) electrons. The van der Waals surface area contributed by atoms with Gasteiger partial charge < -0.3 is 37.6 Å². The van der Waals surface area contributed by atoms with Crippen molar-refractivity contribution < 1.29 is 96.7 Å². The second-order valence-electron chi connectivity index (χ2n) is 6.01. The summed E-state index contributed by atoms with van der Waals surface area (Å²) in [5, 5.41) is 4.06. The van der Waals surface area contributed by atoms with E-state index in [0.717, 1.165) is 5.56 Å². The van der Waals surface area contributed by atoms with Crippen LogP contribution in [0.3, 0.4) is 0 Å². The SMILES string of the molecule is COc1ccc(-c2conc2-c2cc(C)c(OC)c(OC)c2)cc1OP(=O)([O-])[O-].[Na+].[Na+]. The molecule has 0 aliphatic heterocycles. The van der Waals surface area contributed by atoms with E-state index in [2.05, 4.69) is 9.68 Å². The summed E-state index contributed by atoms with van der Waals surface area (Å²) in [5.41, 5.74) is 3.07. The summed E-state index contributed by atoms with van der Waals surface area (Å²) in [6.07, 6.45) is 1.40. The third-order valence-corrected chi connectivity index (χ3v) is 4.61. The van der Waals surface area contributed by atoms with Crippen LogP contribution in [-0.2, 0) is 4.57 Å². The van der Waals surface area contributed by atoms with E-state index in [1.54, 1.807) is 19.2 Å². The van der Waals surface area contributed by atoms with Gasteiger partial charge in [0.1, 0.15) is 19.8 Å². The summed E-state index contributed by atoms with van der Waals surface area (Å²) in [6.45, 7) is 1.87. The number of hydrogen-bond acceptors (Lipinski definition) is 9. The molecule has 0 aliphatic rings. The van der Waals surface area contributed by atoms with Crippen LogP contribution in [0.25, 0.3) is 22.4 Å². The van der Waals surface area contributed by atoms with E-state index in [0.29, 0.717) is 33.9 Å². The van der Waals surface area contributed by atoms with Crippen LogP contribution in [0.4, 0.5) is 0 Å². The third kappa shape index (κ3) is 6.51. The Balaban J connectivity index is 0.00000240. The quantitative estimate of drug-likeness (QED) is 0.259. The molecule has 154 valence electrons. The van der Waals surface area contributed by atoms with Crippen LogP contribution in [0.1, 0.15) is 5.56 Å². The Bertz CT molecular complexity index is 1080. The van der Waals surface area contributed by atoms with Gasteiger partial charge in [-0.25, -0.2) is 0 Å². The van der Waals surface area contributed by atoms with E-state index < -0.39 is 7.82 Å². The van der Waals surface area contributed by atoms with Crippen LogP contribution < -0.4 is 87.6 Å². The van der Waals surface area contributed by atoms with E-state index in [9.17, 15) is 14.4 Å². The van der Waals surface area contributed by atoms with Crippen molar-refractivity contribution in [1.29, 1.82) is 0 Å². The van der Waals surface area contributed by atoms with Gasteiger partial charge in [0.05, 0.1) is 21.3 Å². The Hall–Kier alpha value is -1.00. The number of phosphoric acid groups is 1. The summed E-state index contributed by atoms with van der Waals surface area (Å²) in [5.74, 6) is 0.992. The van der Waals surface area contributed by atoms with Crippen molar-refractivity contribution in [2.24, 2.45) is 0 Å². The van der Waals surface area contributed by atoms with Gasteiger partial charge in [0.2, 0.25) is 0 Å². The van der Waals surface area contributed by atoms with E-state index in [1.807, 2.05) is 13.0 Å². The van der Waals surface area contributed by atoms with Crippen molar-refractivity contribution in [3.8, 4) is 45.4 Å². The van der Waals surface area contributed by atoms with Gasteiger partial charge in [-0.15, -0.1) is 0 Å². The normalized spacial score (nSPS) is 10.5. The minimum Gasteiger partial charge on any atom is -0.780 e. The number of hydrogen-bond donors (Lipinski definition) is 0. The van der Waals surface area contributed by atoms with Gasteiger partial charge >= 0.3 is 59.1 Å². The summed E-state index contributed by atoms with van der Waals surface area (Å²) in [7, 11) is -0.856. The Labute approximate surface area is 223 Å². The number of aryl methyl sites for hydroxylation is 1. The Morgan fingerprint density at radius 3 is 2.13 bits per heavy atom. The first kappa shape index (κ1) is 28.0. The molecule has 12 heteroatoms. The average molecular weight is 465 g/mol. The third-order valence-electron chi connectivity index (χ3n) is 4.19. The van der Waals surface area contributed by atoms with E-state index in [1.165, 1.54) is 32.6 Å². The van der Waals surface area contributed by atoms with Crippen LogP contribution in [-0.4, -0.2) is 26.5 Å². The topological polar surface area (TPSA) is 126 Å². The molecule has 1 aromatic heterocycles. The summed E-state index contributed by atoms with van der Waals surface area (Å²) < 4.78 is 36.5. The molecule has 0 spiro atoms. The maximum atomic E-state index is 11.1. The van der Waals surface area contributed by atoms with E-state index >= 15 is 0 Å². The van der Waals surface area contributed by atoms with Crippen molar-refractivity contribution >= 4 is 7.82 Å². The monoisotopic (exact) mass is 465 g/mol.